The molecule has 45 heavy (non-hydrogen) atoms. The van der Waals surface area contributed by atoms with Crippen molar-refractivity contribution in [3.63, 3.8) is 0 Å². The number of rotatable bonds is 5. The Morgan fingerprint density at radius 1 is 0.911 bits per heavy atom. The normalized spacial score (nSPS) is 26.6. The Bertz CT molecular complexity index is 1410. The zero-order valence-corrected chi connectivity index (χ0v) is 26.4. The highest BCUT2D eigenvalue weighted by atomic mass is 19.1. The van der Waals surface area contributed by atoms with Gasteiger partial charge in [-0.2, -0.15) is 0 Å². The van der Waals surface area contributed by atoms with Gasteiger partial charge in [0.05, 0.1) is 29.0 Å². The quantitative estimate of drug-likeness (QED) is 0.490. The number of benzene rings is 1. The molecule has 0 aromatic heterocycles. The second kappa shape index (κ2) is 12.0. The van der Waals surface area contributed by atoms with Crippen LogP contribution < -0.4 is 10.2 Å². The monoisotopic (exact) mass is 627 g/mol. The molecule has 5 aliphatic rings. The van der Waals surface area contributed by atoms with E-state index in [-0.39, 0.29) is 48.0 Å². The number of carbonyl (C=O) groups is 5. The number of piperidine rings is 2. The smallest absolute Gasteiger partial charge is 0.410 e. The van der Waals surface area contributed by atoms with Crippen LogP contribution >= 0.6 is 0 Å². The van der Waals surface area contributed by atoms with Crippen LogP contribution in [0.5, 0.6) is 0 Å². The molecule has 4 heterocycles. The van der Waals surface area contributed by atoms with E-state index in [0.29, 0.717) is 37.8 Å². The highest BCUT2D eigenvalue weighted by molar-refractivity contribution is 6.24. The average molecular weight is 628 g/mol. The molecule has 0 bridgehead atoms. The number of ether oxygens (including phenoxy) is 2. The molecule has 244 valence electrons. The first kappa shape index (κ1) is 31.4. The molecule has 1 N–H and O–H groups in total. The van der Waals surface area contributed by atoms with E-state index in [4.69, 9.17) is 9.47 Å². The molecule has 1 unspecified atom stereocenters. The summed E-state index contributed by atoms with van der Waals surface area (Å²) in [5.41, 5.74) is -0.0532. The molecule has 13 heteroatoms. The summed E-state index contributed by atoms with van der Waals surface area (Å²) in [6.45, 7) is 11.1. The highest BCUT2D eigenvalue weighted by Crippen LogP contribution is 2.37. The molecule has 4 fully saturated rings. The molecule has 6 rings (SSSR count). The van der Waals surface area contributed by atoms with Crippen molar-refractivity contribution in [3.05, 3.63) is 28.6 Å². The van der Waals surface area contributed by atoms with Crippen molar-refractivity contribution in [1.82, 2.24) is 20.0 Å². The van der Waals surface area contributed by atoms with Gasteiger partial charge < -0.3 is 19.3 Å². The number of carbonyl (C=O) groups excluding carboxylic acids is 5. The lowest BCUT2D eigenvalue weighted by Gasteiger charge is -2.47. The number of nitrogens with one attached hydrogen (secondary N) is 1. The Balaban J connectivity index is 1.00. The second-order valence-electron chi connectivity index (χ2n) is 13.8. The molecule has 1 aromatic rings. The van der Waals surface area contributed by atoms with Crippen molar-refractivity contribution in [2.75, 3.05) is 44.2 Å². The summed E-state index contributed by atoms with van der Waals surface area (Å²) in [6, 6.07) is 0.873. The Morgan fingerprint density at radius 3 is 2.18 bits per heavy atom. The lowest BCUT2D eigenvalue weighted by Crippen LogP contribution is -2.56. The van der Waals surface area contributed by atoms with Gasteiger partial charge in [0, 0.05) is 51.7 Å². The number of fused-ring (bicyclic) bond motifs is 1. The van der Waals surface area contributed by atoms with E-state index in [9.17, 15) is 24.0 Å². The molecule has 1 aromatic carbocycles. The fraction of sp³-hybridized carbons (Fsp3) is 0.656. The van der Waals surface area contributed by atoms with Gasteiger partial charge in [0.15, 0.2) is 5.82 Å². The van der Waals surface area contributed by atoms with E-state index in [1.807, 2.05) is 25.7 Å². The van der Waals surface area contributed by atoms with Crippen molar-refractivity contribution in [2.45, 2.75) is 96.1 Å². The van der Waals surface area contributed by atoms with Gasteiger partial charge in [-0.15, -0.1) is 0 Å². The maximum absolute atomic E-state index is 16.0. The molecule has 12 nitrogen and oxygen atoms in total. The molecule has 0 radical (unpaired) electrons. The van der Waals surface area contributed by atoms with Gasteiger partial charge >= 0.3 is 6.09 Å². The summed E-state index contributed by atoms with van der Waals surface area (Å²) >= 11 is 0. The maximum atomic E-state index is 16.0. The van der Waals surface area contributed by atoms with E-state index in [0.717, 1.165) is 43.7 Å². The highest BCUT2D eigenvalue weighted by Gasteiger charge is 2.48. The van der Waals surface area contributed by atoms with Crippen LogP contribution in [0, 0.1) is 12.7 Å². The molecule has 1 atom stereocenters. The number of imide groups is 2. The second-order valence-corrected chi connectivity index (χ2v) is 13.8. The molecule has 5 amide bonds. The minimum atomic E-state index is -1.14. The van der Waals surface area contributed by atoms with Crippen LogP contribution in [-0.4, -0.2) is 114 Å². The lowest BCUT2D eigenvalue weighted by molar-refractivity contribution is -0.136. The van der Waals surface area contributed by atoms with Gasteiger partial charge in [-0.1, -0.05) is 0 Å². The number of likely N-dealkylation sites (tertiary alicyclic amines) is 1. The van der Waals surface area contributed by atoms with Crippen molar-refractivity contribution < 1.29 is 37.8 Å². The largest absolute Gasteiger partial charge is 0.444 e. The first-order chi connectivity index (χ1) is 21.3. The summed E-state index contributed by atoms with van der Waals surface area (Å²) < 4.78 is 27.8. The predicted octanol–water partition coefficient (Wildman–Crippen LogP) is 2.60. The number of hydrogen-bond donors (Lipinski definition) is 1. The topological polar surface area (TPSA) is 129 Å². The van der Waals surface area contributed by atoms with Crippen molar-refractivity contribution in [2.24, 2.45) is 0 Å². The first-order valence-electron chi connectivity index (χ1n) is 16.0. The zero-order chi connectivity index (χ0) is 32.2. The third-order valence-electron chi connectivity index (χ3n) is 9.55. The number of aryl methyl sites for hydroxylation is 1. The van der Waals surface area contributed by atoms with E-state index in [1.165, 1.54) is 0 Å². The Kier molecular flexibility index (Phi) is 8.36. The van der Waals surface area contributed by atoms with E-state index >= 15 is 4.39 Å². The predicted molar refractivity (Wildman–Crippen MR) is 160 cm³/mol. The fourth-order valence-corrected chi connectivity index (χ4v) is 7.08. The van der Waals surface area contributed by atoms with Crippen LogP contribution in [0.4, 0.5) is 14.9 Å². The van der Waals surface area contributed by atoms with E-state index in [2.05, 4.69) is 10.2 Å². The molecule has 1 saturated carbocycles. The summed E-state index contributed by atoms with van der Waals surface area (Å²) in [5, 5.41) is 2.17. The summed E-state index contributed by atoms with van der Waals surface area (Å²) in [4.78, 5) is 69.7. The molecular formula is C32H42FN5O7. The minimum absolute atomic E-state index is 0.00381. The number of anilines is 1. The third-order valence-corrected chi connectivity index (χ3v) is 9.55. The molecule has 1 aliphatic carbocycles. The summed E-state index contributed by atoms with van der Waals surface area (Å²) in [7, 11) is 0. The lowest BCUT2D eigenvalue weighted by atomic mass is 9.87. The van der Waals surface area contributed by atoms with Gasteiger partial charge in [0.1, 0.15) is 11.6 Å². The van der Waals surface area contributed by atoms with E-state index < -0.39 is 41.1 Å². The molecular weight excluding hydrogens is 585 g/mol. The molecule has 0 spiro atoms. The van der Waals surface area contributed by atoms with Gasteiger partial charge in [-0.25, -0.2) is 9.18 Å². The number of halogens is 1. The zero-order valence-electron chi connectivity index (χ0n) is 26.4. The SMILES string of the molecule is Cc1cc(N2CCN(C3CC(OC4CCN(C(=O)OC(C)(C)C)CC4)C3)CC2)c(F)c2c1C(=O)N(C1CCC(=O)NC1=O)C2=O. The van der Waals surface area contributed by atoms with Crippen LogP contribution in [0.3, 0.4) is 0 Å². The number of piperazine rings is 1. The summed E-state index contributed by atoms with van der Waals surface area (Å²) in [6.07, 6.45) is 3.55. The van der Waals surface area contributed by atoms with Crippen molar-refractivity contribution in [1.29, 1.82) is 0 Å². The molecule has 3 saturated heterocycles. The minimum Gasteiger partial charge on any atom is -0.444 e. The average Bonchev–Trinajstić information content (AvgIpc) is 3.22. The Labute approximate surface area is 262 Å². The third kappa shape index (κ3) is 6.16. The summed E-state index contributed by atoms with van der Waals surface area (Å²) in [5.74, 6) is -3.46. The maximum Gasteiger partial charge on any atom is 0.410 e. The Hall–Kier alpha value is -3.58. The van der Waals surface area contributed by atoms with Gasteiger partial charge in [-0.05, 0) is 71.4 Å². The standard InChI is InChI=1S/C32H42FN5O7/c1-18-15-23(27(33)26-25(18)29(41)38(30(26)42)22-5-6-24(39)34-28(22)40)36-13-11-35(12-14-36)19-16-21(17-19)44-20-7-9-37(10-8-20)31(43)45-32(2,3)4/h15,19-22H,5-14,16-17H2,1-4H3,(H,34,39,40). The number of amides is 5. The van der Waals surface area contributed by atoms with E-state index in [1.54, 1.807) is 17.9 Å². The number of nitrogens with zero attached hydrogens (tertiary/aromatic N) is 4. The van der Waals surface area contributed by atoms with Gasteiger partial charge in [-0.3, -0.25) is 34.3 Å². The molecule has 4 aliphatic heterocycles. The first-order valence-corrected chi connectivity index (χ1v) is 16.0. The van der Waals surface area contributed by atoms with Crippen LogP contribution in [0.15, 0.2) is 6.07 Å². The Morgan fingerprint density at radius 2 is 1.56 bits per heavy atom. The van der Waals surface area contributed by atoms with Gasteiger partial charge in [0.25, 0.3) is 11.8 Å². The van der Waals surface area contributed by atoms with Crippen LogP contribution in [0.25, 0.3) is 0 Å². The van der Waals surface area contributed by atoms with Gasteiger partial charge in [0.2, 0.25) is 11.8 Å². The van der Waals surface area contributed by atoms with Crippen LogP contribution in [0.2, 0.25) is 0 Å². The van der Waals surface area contributed by atoms with Crippen LogP contribution in [0.1, 0.15) is 85.6 Å². The van der Waals surface area contributed by atoms with Crippen molar-refractivity contribution in [3.8, 4) is 0 Å². The number of hydrogen-bond acceptors (Lipinski definition) is 9. The van der Waals surface area contributed by atoms with Crippen LogP contribution in [-0.2, 0) is 19.1 Å². The fourth-order valence-electron chi connectivity index (χ4n) is 7.08. The van der Waals surface area contributed by atoms with Crippen molar-refractivity contribution >= 4 is 35.4 Å².